The fourth-order valence-electron chi connectivity index (χ4n) is 1.94. The zero-order chi connectivity index (χ0) is 7.45. The Bertz CT molecular complexity index is 94.3. The molecule has 0 amide bonds. The van der Waals surface area contributed by atoms with Gasteiger partial charge in [0.15, 0.2) is 0 Å². The summed E-state index contributed by atoms with van der Waals surface area (Å²) in [5, 5.41) is 0. The summed E-state index contributed by atoms with van der Waals surface area (Å²) in [7, 11) is 1.63. The molecule has 0 radical (unpaired) electrons. The van der Waals surface area contributed by atoms with E-state index < -0.39 is 0 Å². The highest BCUT2D eigenvalue weighted by atomic mass is 29.1. The number of rotatable bonds is 2. The Kier molecular flexibility index (Phi) is 3.13. The molecule has 0 heterocycles. The number of nitrogens with one attached hydrogen (secondary N) is 1. The second kappa shape index (κ2) is 3.69. The van der Waals surface area contributed by atoms with Crippen molar-refractivity contribution >= 4 is 19.0 Å². The quantitative estimate of drug-likeness (QED) is 0.564. The van der Waals surface area contributed by atoms with Crippen LogP contribution in [0, 0.1) is 0 Å². The molecule has 0 aromatic heterocycles. The molecular weight excluding hydrogens is 154 g/mol. The topological polar surface area (TPSA) is 12.0 Å². The zero-order valence-electron chi connectivity index (χ0n) is 7.24. The molecule has 1 saturated carbocycles. The SMILES string of the molecule is CC1(N[SiH2][SiH3])CCCCC1. The van der Waals surface area contributed by atoms with Crippen molar-refractivity contribution in [2.75, 3.05) is 0 Å². The molecule has 0 aliphatic heterocycles. The molecule has 3 heteroatoms. The van der Waals surface area contributed by atoms with Crippen LogP contribution in [0.2, 0.25) is 0 Å². The first kappa shape index (κ1) is 8.49. The maximum absolute atomic E-state index is 3.76. The minimum atomic E-state index is 0.201. The van der Waals surface area contributed by atoms with E-state index in [9.17, 15) is 0 Å². The Morgan fingerprint density at radius 3 is 2.40 bits per heavy atom. The predicted octanol–water partition coefficient (Wildman–Crippen LogP) is -0.337. The summed E-state index contributed by atoms with van der Waals surface area (Å²) in [6, 6.07) is 0. The minimum absolute atomic E-state index is 0.201. The van der Waals surface area contributed by atoms with Crippen molar-refractivity contribution < 1.29 is 0 Å². The maximum Gasteiger partial charge on any atom is 0.0728 e. The molecular formula is C7H19NSi2. The molecule has 0 aromatic rings. The first-order valence-corrected chi connectivity index (χ1v) is 10.9. The van der Waals surface area contributed by atoms with Crippen LogP contribution in [0.4, 0.5) is 0 Å². The second-order valence-corrected chi connectivity index (χ2v) is 6.83. The fourth-order valence-corrected chi connectivity index (χ4v) is 5.70. The third-order valence-corrected chi connectivity index (χ3v) is 4.83. The third kappa shape index (κ3) is 2.21. The van der Waals surface area contributed by atoms with Crippen LogP contribution in [0.15, 0.2) is 0 Å². The summed E-state index contributed by atoms with van der Waals surface area (Å²) in [5.41, 5.74) is 0.576. The lowest BCUT2D eigenvalue weighted by Gasteiger charge is -2.34. The Hall–Kier alpha value is 0.394. The monoisotopic (exact) mass is 173 g/mol. The summed E-state index contributed by atoms with van der Waals surface area (Å²) < 4.78 is 0. The minimum Gasteiger partial charge on any atom is -0.340 e. The van der Waals surface area contributed by atoms with E-state index in [-0.39, 0.29) is 9.20 Å². The van der Waals surface area contributed by atoms with Crippen molar-refractivity contribution in [1.29, 1.82) is 0 Å². The fraction of sp³-hybridized carbons (Fsp3) is 1.00. The molecule has 10 heavy (non-hydrogen) atoms. The van der Waals surface area contributed by atoms with Gasteiger partial charge < -0.3 is 4.98 Å². The van der Waals surface area contributed by atoms with Gasteiger partial charge in [-0.1, -0.05) is 19.3 Å². The van der Waals surface area contributed by atoms with Crippen molar-refractivity contribution in [3.8, 4) is 0 Å². The van der Waals surface area contributed by atoms with Crippen LogP contribution >= 0.6 is 0 Å². The zero-order valence-corrected chi connectivity index (χ0v) is 10.7. The molecule has 0 bridgehead atoms. The van der Waals surface area contributed by atoms with Gasteiger partial charge in [-0.25, -0.2) is 0 Å². The Morgan fingerprint density at radius 1 is 1.30 bits per heavy atom. The Balaban J connectivity index is 2.32. The van der Waals surface area contributed by atoms with Gasteiger partial charge in [-0.2, -0.15) is 0 Å². The summed E-state index contributed by atoms with van der Waals surface area (Å²) in [4.78, 5) is 3.76. The van der Waals surface area contributed by atoms with Crippen molar-refractivity contribution in [3.05, 3.63) is 0 Å². The van der Waals surface area contributed by atoms with Crippen LogP contribution in [0.25, 0.3) is 0 Å². The lowest BCUT2D eigenvalue weighted by Crippen LogP contribution is -2.46. The van der Waals surface area contributed by atoms with Crippen LogP contribution in [-0.4, -0.2) is 24.5 Å². The van der Waals surface area contributed by atoms with Crippen LogP contribution in [0.3, 0.4) is 0 Å². The van der Waals surface area contributed by atoms with Gasteiger partial charge in [-0.05, 0) is 19.8 Å². The Labute approximate surface area is 69.1 Å². The van der Waals surface area contributed by atoms with E-state index in [1.54, 1.807) is 0 Å². The van der Waals surface area contributed by atoms with Crippen LogP contribution < -0.4 is 4.98 Å². The number of hydrogen-bond donors (Lipinski definition) is 1. The first-order chi connectivity index (χ1) is 4.77. The molecule has 1 aliphatic carbocycles. The maximum atomic E-state index is 3.76. The van der Waals surface area contributed by atoms with E-state index in [0.717, 1.165) is 0 Å². The van der Waals surface area contributed by atoms with Gasteiger partial charge in [0.1, 0.15) is 0 Å². The molecule has 0 spiro atoms. The van der Waals surface area contributed by atoms with Crippen LogP contribution in [0.1, 0.15) is 39.0 Å². The van der Waals surface area contributed by atoms with Crippen molar-refractivity contribution in [3.63, 3.8) is 0 Å². The van der Waals surface area contributed by atoms with Crippen LogP contribution in [0.5, 0.6) is 0 Å². The normalized spacial score (nSPS) is 26.1. The third-order valence-electron chi connectivity index (χ3n) is 2.56. The van der Waals surface area contributed by atoms with Crippen molar-refractivity contribution in [2.45, 2.75) is 44.6 Å². The second-order valence-electron chi connectivity index (χ2n) is 3.65. The standard InChI is InChI=1S/C7H19NSi2/c1-7(8-10-9)5-3-2-4-6-7/h8H,2-6,10H2,1,9H3. The lowest BCUT2D eigenvalue weighted by molar-refractivity contribution is 0.297. The van der Waals surface area contributed by atoms with Gasteiger partial charge >= 0.3 is 0 Å². The van der Waals surface area contributed by atoms with Gasteiger partial charge in [0.25, 0.3) is 0 Å². The smallest absolute Gasteiger partial charge is 0.0728 e. The van der Waals surface area contributed by atoms with E-state index in [4.69, 9.17) is 0 Å². The first-order valence-electron chi connectivity index (χ1n) is 4.52. The average Bonchev–Trinajstić information content (AvgIpc) is 1.89. The summed E-state index contributed by atoms with van der Waals surface area (Å²) in [6.07, 6.45) is 7.25. The van der Waals surface area contributed by atoms with E-state index >= 15 is 0 Å². The average molecular weight is 173 g/mol. The molecule has 0 unspecified atom stereocenters. The molecule has 1 N–H and O–H groups in total. The molecule has 1 nitrogen and oxygen atoms in total. The largest absolute Gasteiger partial charge is 0.340 e. The van der Waals surface area contributed by atoms with Crippen LogP contribution in [-0.2, 0) is 0 Å². The summed E-state index contributed by atoms with van der Waals surface area (Å²) in [5.74, 6) is 0. The molecule has 0 atom stereocenters. The van der Waals surface area contributed by atoms with E-state index in [1.807, 2.05) is 0 Å². The van der Waals surface area contributed by atoms with E-state index in [1.165, 1.54) is 41.9 Å². The van der Waals surface area contributed by atoms with Crippen molar-refractivity contribution in [1.82, 2.24) is 4.98 Å². The molecule has 1 rings (SSSR count). The lowest BCUT2D eigenvalue weighted by atomic mass is 9.84. The van der Waals surface area contributed by atoms with Gasteiger partial charge in [0.2, 0.25) is 0 Å². The van der Waals surface area contributed by atoms with Gasteiger partial charge in [-0.3, -0.25) is 0 Å². The highest BCUT2D eigenvalue weighted by Gasteiger charge is 2.24. The molecule has 0 saturated heterocycles. The van der Waals surface area contributed by atoms with E-state index in [0.29, 0.717) is 5.54 Å². The summed E-state index contributed by atoms with van der Waals surface area (Å²) in [6.45, 7) is 2.41. The molecule has 1 aliphatic rings. The predicted molar refractivity (Wildman–Crippen MR) is 53.1 cm³/mol. The molecule has 60 valence electrons. The van der Waals surface area contributed by atoms with Crippen molar-refractivity contribution in [2.24, 2.45) is 0 Å². The molecule has 1 fully saturated rings. The van der Waals surface area contributed by atoms with E-state index in [2.05, 4.69) is 11.9 Å². The highest BCUT2D eigenvalue weighted by molar-refractivity contribution is 6.87. The Morgan fingerprint density at radius 2 is 1.90 bits per heavy atom. The number of hydrogen-bond acceptors (Lipinski definition) is 1. The van der Waals surface area contributed by atoms with Gasteiger partial charge in [0.05, 0.1) is 9.20 Å². The highest BCUT2D eigenvalue weighted by Crippen LogP contribution is 2.26. The summed E-state index contributed by atoms with van der Waals surface area (Å²) >= 11 is 0. The van der Waals surface area contributed by atoms with Gasteiger partial charge in [0, 0.05) is 15.3 Å². The molecule has 0 aromatic carbocycles. The van der Waals surface area contributed by atoms with Gasteiger partial charge in [-0.15, -0.1) is 0 Å².